The predicted octanol–water partition coefficient (Wildman–Crippen LogP) is 3.99. The van der Waals surface area contributed by atoms with E-state index in [0.29, 0.717) is 16.5 Å². The molecule has 0 saturated heterocycles. The molecular weight excluding hydrogens is 385 g/mol. The Kier molecular flexibility index (Phi) is 4.36. The van der Waals surface area contributed by atoms with E-state index in [9.17, 15) is 19.7 Å². The molecule has 3 rings (SSSR count). The van der Waals surface area contributed by atoms with Gasteiger partial charge in [0.1, 0.15) is 10.6 Å². The number of hydrogen-bond acceptors (Lipinski definition) is 5. The van der Waals surface area contributed by atoms with Crippen molar-refractivity contribution in [1.82, 2.24) is 9.88 Å². The van der Waals surface area contributed by atoms with Crippen molar-refractivity contribution >= 4 is 45.9 Å². The third-order valence-corrected chi connectivity index (χ3v) is 4.79. The SMILES string of the molecule is CC(C)(C)OC(=O)N1Cc2c(c3cc([N+](=O)[O-])c(Cl)c(Cl)c3[nH]c2=O)C1. The first-order valence-electron chi connectivity index (χ1n) is 7.67. The van der Waals surface area contributed by atoms with E-state index in [1.54, 1.807) is 20.8 Å². The van der Waals surface area contributed by atoms with Crippen molar-refractivity contribution in [3.8, 4) is 0 Å². The average Bonchev–Trinajstić information content (AvgIpc) is 2.96. The van der Waals surface area contributed by atoms with Gasteiger partial charge in [-0.05, 0) is 26.3 Å². The zero-order valence-electron chi connectivity index (χ0n) is 14.2. The molecule has 0 radical (unpaired) electrons. The number of aromatic amines is 1. The lowest BCUT2D eigenvalue weighted by Crippen LogP contribution is -2.33. The number of carbonyl (C=O) groups is 1. The van der Waals surface area contributed by atoms with E-state index in [-0.39, 0.29) is 34.3 Å². The van der Waals surface area contributed by atoms with Crippen LogP contribution in [0.2, 0.25) is 10.0 Å². The Morgan fingerprint density at radius 2 is 1.88 bits per heavy atom. The molecule has 1 amide bonds. The molecule has 1 aromatic carbocycles. The van der Waals surface area contributed by atoms with Gasteiger partial charge >= 0.3 is 6.09 Å². The molecule has 26 heavy (non-hydrogen) atoms. The third-order valence-electron chi connectivity index (χ3n) is 3.94. The Morgan fingerprint density at radius 1 is 1.27 bits per heavy atom. The zero-order valence-corrected chi connectivity index (χ0v) is 15.7. The number of pyridine rings is 1. The lowest BCUT2D eigenvalue weighted by atomic mass is 10.1. The predicted molar refractivity (Wildman–Crippen MR) is 96.7 cm³/mol. The number of rotatable bonds is 1. The maximum atomic E-state index is 12.4. The van der Waals surface area contributed by atoms with E-state index in [2.05, 4.69) is 4.98 Å². The number of amides is 1. The lowest BCUT2D eigenvalue weighted by Gasteiger charge is -2.24. The minimum atomic E-state index is -0.685. The number of H-pyrrole nitrogens is 1. The zero-order chi connectivity index (χ0) is 19.4. The highest BCUT2D eigenvalue weighted by Crippen LogP contribution is 2.40. The molecule has 1 aliphatic heterocycles. The van der Waals surface area contributed by atoms with Gasteiger partial charge in [0.25, 0.3) is 11.2 Å². The van der Waals surface area contributed by atoms with Crippen LogP contribution in [0.1, 0.15) is 31.9 Å². The summed E-state index contributed by atoms with van der Waals surface area (Å²) < 4.78 is 5.33. The van der Waals surface area contributed by atoms with Gasteiger partial charge in [0.05, 0.1) is 28.6 Å². The van der Waals surface area contributed by atoms with Crippen LogP contribution >= 0.6 is 23.2 Å². The highest BCUT2D eigenvalue weighted by molar-refractivity contribution is 6.46. The Hall–Kier alpha value is -2.32. The molecule has 0 unspecified atom stereocenters. The number of nitro groups is 1. The van der Waals surface area contributed by atoms with E-state index < -0.39 is 22.2 Å². The molecule has 0 atom stereocenters. The molecule has 0 fully saturated rings. The van der Waals surface area contributed by atoms with E-state index in [1.165, 1.54) is 11.0 Å². The number of benzene rings is 1. The number of aromatic nitrogens is 1. The van der Waals surface area contributed by atoms with Crippen molar-refractivity contribution < 1.29 is 14.5 Å². The van der Waals surface area contributed by atoms with Crippen LogP contribution in [-0.2, 0) is 17.8 Å². The van der Waals surface area contributed by atoms with Crippen LogP contribution in [0.5, 0.6) is 0 Å². The summed E-state index contributed by atoms with van der Waals surface area (Å²) in [4.78, 5) is 39.2. The summed E-state index contributed by atoms with van der Waals surface area (Å²) in [6.45, 7) is 5.34. The maximum absolute atomic E-state index is 12.4. The second kappa shape index (κ2) is 6.14. The van der Waals surface area contributed by atoms with Crippen molar-refractivity contribution in [2.45, 2.75) is 39.5 Å². The van der Waals surface area contributed by atoms with E-state index in [4.69, 9.17) is 27.9 Å². The first-order valence-corrected chi connectivity index (χ1v) is 8.43. The van der Waals surface area contributed by atoms with Crippen LogP contribution in [0.25, 0.3) is 10.9 Å². The molecule has 8 nitrogen and oxygen atoms in total. The van der Waals surface area contributed by atoms with Gasteiger partial charge in [0.15, 0.2) is 0 Å². The summed E-state index contributed by atoms with van der Waals surface area (Å²) in [7, 11) is 0. The topological polar surface area (TPSA) is 106 Å². The van der Waals surface area contributed by atoms with Gasteiger partial charge in [-0.15, -0.1) is 0 Å². The van der Waals surface area contributed by atoms with Crippen LogP contribution in [0, 0.1) is 10.1 Å². The summed E-state index contributed by atoms with van der Waals surface area (Å²) in [6.07, 6.45) is -0.573. The van der Waals surface area contributed by atoms with E-state index >= 15 is 0 Å². The fourth-order valence-corrected chi connectivity index (χ4v) is 3.30. The van der Waals surface area contributed by atoms with Gasteiger partial charge in [0.2, 0.25) is 0 Å². The molecule has 0 aliphatic carbocycles. The molecule has 2 aromatic rings. The minimum Gasteiger partial charge on any atom is -0.444 e. The van der Waals surface area contributed by atoms with Gasteiger partial charge < -0.3 is 9.72 Å². The molecule has 10 heteroatoms. The summed E-state index contributed by atoms with van der Waals surface area (Å²) in [5, 5.41) is 11.2. The second-order valence-corrected chi connectivity index (χ2v) is 7.71. The van der Waals surface area contributed by atoms with Crippen LogP contribution < -0.4 is 5.56 Å². The maximum Gasteiger partial charge on any atom is 0.410 e. The van der Waals surface area contributed by atoms with Gasteiger partial charge in [-0.3, -0.25) is 19.8 Å². The molecule has 2 heterocycles. The quantitative estimate of drug-likeness (QED) is 0.576. The van der Waals surface area contributed by atoms with E-state index in [1.807, 2.05) is 0 Å². The highest BCUT2D eigenvalue weighted by Gasteiger charge is 2.32. The molecule has 1 aromatic heterocycles. The fraction of sp³-hybridized carbons (Fsp3) is 0.375. The number of halogens is 2. The van der Waals surface area contributed by atoms with Gasteiger partial charge in [0, 0.05) is 17.0 Å². The number of nitrogens with zero attached hydrogens (tertiary/aromatic N) is 2. The Morgan fingerprint density at radius 3 is 2.46 bits per heavy atom. The second-order valence-electron chi connectivity index (χ2n) is 6.95. The van der Waals surface area contributed by atoms with Crippen molar-refractivity contribution in [2.24, 2.45) is 0 Å². The number of fused-ring (bicyclic) bond motifs is 3. The minimum absolute atomic E-state index is 0.0452. The fourth-order valence-electron chi connectivity index (χ4n) is 2.84. The average molecular weight is 400 g/mol. The third kappa shape index (κ3) is 3.10. The molecular formula is C16H15Cl2N3O5. The van der Waals surface area contributed by atoms with Crippen LogP contribution in [0.3, 0.4) is 0 Å². The van der Waals surface area contributed by atoms with Crippen molar-refractivity contribution in [3.63, 3.8) is 0 Å². The summed E-state index contributed by atoms with van der Waals surface area (Å²) in [5.74, 6) is 0. The summed E-state index contributed by atoms with van der Waals surface area (Å²) >= 11 is 12.1. The van der Waals surface area contributed by atoms with Gasteiger partial charge in [-0.1, -0.05) is 23.2 Å². The highest BCUT2D eigenvalue weighted by atomic mass is 35.5. The number of ether oxygens (including phenoxy) is 1. The number of hydrogen-bond donors (Lipinski definition) is 1. The Balaban J connectivity index is 2.14. The molecule has 0 saturated carbocycles. The smallest absolute Gasteiger partial charge is 0.410 e. The van der Waals surface area contributed by atoms with Crippen molar-refractivity contribution in [2.75, 3.05) is 0 Å². The first-order chi connectivity index (χ1) is 12.0. The van der Waals surface area contributed by atoms with E-state index in [0.717, 1.165) is 0 Å². The number of nitro benzene ring substituents is 1. The summed E-state index contributed by atoms with van der Waals surface area (Å²) in [6, 6.07) is 1.26. The molecule has 0 bridgehead atoms. The summed E-state index contributed by atoms with van der Waals surface area (Å²) in [5.41, 5.74) is -0.431. The molecule has 1 N–H and O–H groups in total. The number of nitrogens with one attached hydrogen (secondary N) is 1. The molecule has 138 valence electrons. The van der Waals surface area contributed by atoms with Crippen molar-refractivity contribution in [3.05, 3.63) is 47.7 Å². The van der Waals surface area contributed by atoms with Crippen molar-refractivity contribution in [1.29, 1.82) is 0 Å². The van der Waals surface area contributed by atoms with Crippen LogP contribution in [0.15, 0.2) is 10.9 Å². The number of carbonyl (C=O) groups excluding carboxylic acids is 1. The molecule has 0 spiro atoms. The first kappa shape index (κ1) is 18.5. The Labute approximate surface area is 157 Å². The Bertz CT molecular complexity index is 1010. The van der Waals surface area contributed by atoms with Gasteiger partial charge in [-0.25, -0.2) is 4.79 Å². The van der Waals surface area contributed by atoms with Crippen LogP contribution in [0.4, 0.5) is 10.5 Å². The molecule has 1 aliphatic rings. The largest absolute Gasteiger partial charge is 0.444 e. The lowest BCUT2D eigenvalue weighted by molar-refractivity contribution is -0.384. The normalized spacial score (nSPS) is 13.8. The van der Waals surface area contributed by atoms with Crippen LogP contribution in [-0.4, -0.2) is 26.5 Å². The van der Waals surface area contributed by atoms with Gasteiger partial charge in [-0.2, -0.15) is 0 Å². The monoisotopic (exact) mass is 399 g/mol. The standard InChI is InChI=1S/C16H15Cl2N3O5/c1-16(2,3)26-15(23)20-5-8-7-4-10(21(24)25)11(17)12(18)13(7)19-14(22)9(8)6-20/h4H,5-6H2,1-3H3,(H,19,22).